The van der Waals surface area contributed by atoms with Gasteiger partial charge >= 0.3 is 5.97 Å². The highest BCUT2D eigenvalue weighted by atomic mass is 19.1. The van der Waals surface area contributed by atoms with Gasteiger partial charge in [-0.05, 0) is 24.6 Å². The Kier molecular flexibility index (Phi) is 3.75. The molecule has 0 bridgehead atoms. The minimum absolute atomic E-state index is 0.0443. The molecule has 0 saturated carbocycles. The average Bonchev–Trinajstić information content (AvgIpc) is 2.36. The summed E-state index contributed by atoms with van der Waals surface area (Å²) < 4.78 is 18.0. The van der Waals surface area contributed by atoms with Gasteiger partial charge in [0.2, 0.25) is 0 Å². The normalized spacial score (nSPS) is 10.2. The molecule has 0 saturated heterocycles. The van der Waals surface area contributed by atoms with E-state index in [1.54, 1.807) is 25.1 Å². The second-order valence-electron chi connectivity index (χ2n) is 4.13. The molecular formula is C14H13FN2O2. The first-order valence-corrected chi connectivity index (χ1v) is 5.69. The van der Waals surface area contributed by atoms with E-state index in [1.807, 2.05) is 0 Å². The lowest BCUT2D eigenvalue weighted by atomic mass is 10.1. The number of benzene rings is 1. The molecule has 0 atom stereocenters. The van der Waals surface area contributed by atoms with E-state index in [0.29, 0.717) is 16.8 Å². The maximum absolute atomic E-state index is 12.9. The number of aromatic nitrogens is 1. The quantitative estimate of drug-likeness (QED) is 0.680. The highest BCUT2D eigenvalue weighted by Crippen LogP contribution is 2.18. The van der Waals surface area contributed by atoms with Gasteiger partial charge in [0.15, 0.2) is 0 Å². The minimum Gasteiger partial charge on any atom is -0.457 e. The summed E-state index contributed by atoms with van der Waals surface area (Å²) in [5.41, 5.74) is 7.67. The van der Waals surface area contributed by atoms with Crippen molar-refractivity contribution in [2.75, 3.05) is 5.73 Å². The van der Waals surface area contributed by atoms with Crippen LogP contribution < -0.4 is 5.73 Å². The Balaban J connectivity index is 2.10. The summed E-state index contributed by atoms with van der Waals surface area (Å²) in [5.74, 6) is -0.996. The zero-order valence-electron chi connectivity index (χ0n) is 10.4. The number of nitrogens with zero attached hydrogens (tertiary/aromatic N) is 1. The third-order valence-electron chi connectivity index (χ3n) is 2.64. The summed E-state index contributed by atoms with van der Waals surface area (Å²) in [5, 5.41) is 0. The van der Waals surface area contributed by atoms with Crippen LogP contribution in [0.2, 0.25) is 0 Å². The zero-order valence-corrected chi connectivity index (χ0v) is 10.4. The van der Waals surface area contributed by atoms with Crippen molar-refractivity contribution in [3.63, 3.8) is 0 Å². The van der Waals surface area contributed by atoms with Crippen molar-refractivity contribution < 1.29 is 13.9 Å². The van der Waals surface area contributed by atoms with Gasteiger partial charge in [0.25, 0.3) is 0 Å². The van der Waals surface area contributed by atoms with Crippen molar-refractivity contribution in [3.05, 3.63) is 59.2 Å². The first-order valence-electron chi connectivity index (χ1n) is 5.69. The molecule has 19 heavy (non-hydrogen) atoms. The first-order chi connectivity index (χ1) is 9.08. The second kappa shape index (κ2) is 5.48. The van der Waals surface area contributed by atoms with Crippen LogP contribution in [0.4, 0.5) is 10.1 Å². The van der Waals surface area contributed by atoms with Crippen LogP contribution in [-0.4, -0.2) is 11.0 Å². The molecule has 0 radical (unpaired) electrons. The standard InChI is InChI=1S/C14H13FN2O2/c1-9-3-2-4-12(16)13(9)14(18)19-8-10-5-11(15)7-17-6-10/h2-7H,8,16H2,1H3. The Morgan fingerprint density at radius 3 is 2.89 bits per heavy atom. The van der Waals surface area contributed by atoms with Gasteiger partial charge in [-0.15, -0.1) is 0 Å². The van der Waals surface area contributed by atoms with E-state index < -0.39 is 11.8 Å². The van der Waals surface area contributed by atoms with Crippen molar-refractivity contribution in [2.24, 2.45) is 0 Å². The minimum atomic E-state index is -0.528. The number of hydrogen-bond donors (Lipinski definition) is 1. The van der Waals surface area contributed by atoms with Gasteiger partial charge in [0.05, 0.1) is 11.8 Å². The van der Waals surface area contributed by atoms with Crippen molar-refractivity contribution >= 4 is 11.7 Å². The fraction of sp³-hybridized carbons (Fsp3) is 0.143. The molecule has 4 nitrogen and oxygen atoms in total. The van der Waals surface area contributed by atoms with E-state index in [0.717, 1.165) is 11.8 Å². The topological polar surface area (TPSA) is 65.2 Å². The SMILES string of the molecule is Cc1cccc(N)c1C(=O)OCc1cncc(F)c1. The van der Waals surface area contributed by atoms with Gasteiger partial charge < -0.3 is 10.5 Å². The fourth-order valence-electron chi connectivity index (χ4n) is 1.73. The molecule has 2 N–H and O–H groups in total. The Labute approximate surface area is 110 Å². The van der Waals surface area contributed by atoms with Gasteiger partial charge in [-0.25, -0.2) is 9.18 Å². The summed E-state index contributed by atoms with van der Waals surface area (Å²) in [4.78, 5) is 15.6. The van der Waals surface area contributed by atoms with E-state index in [4.69, 9.17) is 10.5 Å². The Morgan fingerprint density at radius 1 is 1.42 bits per heavy atom. The number of esters is 1. The van der Waals surface area contributed by atoms with Gasteiger partial charge in [0, 0.05) is 17.4 Å². The van der Waals surface area contributed by atoms with E-state index in [1.165, 1.54) is 12.3 Å². The molecule has 1 aromatic carbocycles. The Morgan fingerprint density at radius 2 is 2.21 bits per heavy atom. The van der Waals surface area contributed by atoms with Crippen molar-refractivity contribution in [3.8, 4) is 0 Å². The van der Waals surface area contributed by atoms with Crippen LogP contribution in [0.25, 0.3) is 0 Å². The summed E-state index contributed by atoms with van der Waals surface area (Å²) in [7, 11) is 0. The van der Waals surface area contributed by atoms with Crippen LogP contribution in [0.15, 0.2) is 36.7 Å². The van der Waals surface area contributed by atoms with Crippen LogP contribution in [-0.2, 0) is 11.3 Å². The third kappa shape index (κ3) is 3.07. The van der Waals surface area contributed by atoms with E-state index >= 15 is 0 Å². The molecule has 0 aliphatic carbocycles. The molecular weight excluding hydrogens is 247 g/mol. The first kappa shape index (κ1) is 13.0. The van der Waals surface area contributed by atoms with E-state index in [2.05, 4.69) is 4.98 Å². The number of nitrogen functional groups attached to an aromatic ring is 1. The molecule has 2 aromatic rings. The zero-order chi connectivity index (χ0) is 13.8. The molecule has 1 aromatic heterocycles. The third-order valence-corrected chi connectivity index (χ3v) is 2.64. The lowest BCUT2D eigenvalue weighted by molar-refractivity contribution is 0.0472. The number of nitrogens with two attached hydrogens (primary N) is 1. The van der Waals surface area contributed by atoms with Crippen molar-refractivity contribution in [2.45, 2.75) is 13.5 Å². The summed E-state index contributed by atoms with van der Waals surface area (Å²) in [6, 6.07) is 6.43. The highest BCUT2D eigenvalue weighted by Gasteiger charge is 2.14. The molecule has 0 spiro atoms. The summed E-state index contributed by atoms with van der Waals surface area (Å²) >= 11 is 0. The summed E-state index contributed by atoms with van der Waals surface area (Å²) in [6.07, 6.45) is 2.53. The predicted octanol–water partition coefficient (Wildman–Crippen LogP) is 2.47. The molecule has 98 valence electrons. The van der Waals surface area contributed by atoms with E-state index in [9.17, 15) is 9.18 Å². The van der Waals surface area contributed by atoms with Crippen LogP contribution >= 0.6 is 0 Å². The molecule has 0 fully saturated rings. The molecule has 0 aliphatic heterocycles. The van der Waals surface area contributed by atoms with Gasteiger partial charge in [0.1, 0.15) is 12.4 Å². The van der Waals surface area contributed by atoms with Gasteiger partial charge in [-0.3, -0.25) is 4.98 Å². The number of pyridine rings is 1. The smallest absolute Gasteiger partial charge is 0.340 e. The number of rotatable bonds is 3. The lowest BCUT2D eigenvalue weighted by Gasteiger charge is -2.09. The monoisotopic (exact) mass is 260 g/mol. The maximum atomic E-state index is 12.9. The predicted molar refractivity (Wildman–Crippen MR) is 68.9 cm³/mol. The lowest BCUT2D eigenvalue weighted by Crippen LogP contribution is -2.10. The largest absolute Gasteiger partial charge is 0.457 e. The number of hydrogen-bond acceptors (Lipinski definition) is 4. The number of halogens is 1. The number of carbonyl (C=O) groups excluding carboxylic acids is 1. The van der Waals surface area contributed by atoms with Gasteiger partial charge in [-0.2, -0.15) is 0 Å². The molecule has 2 rings (SSSR count). The maximum Gasteiger partial charge on any atom is 0.340 e. The Bertz CT molecular complexity index is 594. The molecule has 1 heterocycles. The fourth-order valence-corrected chi connectivity index (χ4v) is 1.73. The number of carbonyl (C=O) groups is 1. The number of anilines is 1. The van der Waals surface area contributed by atoms with Crippen molar-refractivity contribution in [1.29, 1.82) is 0 Å². The van der Waals surface area contributed by atoms with Crippen LogP contribution in [0.5, 0.6) is 0 Å². The average molecular weight is 260 g/mol. The van der Waals surface area contributed by atoms with Crippen LogP contribution in [0.3, 0.4) is 0 Å². The summed E-state index contributed by atoms with van der Waals surface area (Å²) in [6.45, 7) is 1.73. The molecule has 0 amide bonds. The molecule has 0 aliphatic rings. The number of aryl methyl sites for hydroxylation is 1. The highest BCUT2D eigenvalue weighted by molar-refractivity contribution is 5.96. The van der Waals surface area contributed by atoms with Gasteiger partial charge in [-0.1, -0.05) is 12.1 Å². The molecule has 5 heteroatoms. The second-order valence-corrected chi connectivity index (χ2v) is 4.13. The van der Waals surface area contributed by atoms with E-state index in [-0.39, 0.29) is 6.61 Å². The van der Waals surface area contributed by atoms with Crippen molar-refractivity contribution in [1.82, 2.24) is 4.98 Å². The molecule has 0 unspecified atom stereocenters. The Hall–Kier alpha value is -2.43. The van der Waals surface area contributed by atoms with Crippen LogP contribution in [0.1, 0.15) is 21.5 Å². The van der Waals surface area contributed by atoms with Crippen LogP contribution in [0, 0.1) is 12.7 Å². The number of ether oxygens (including phenoxy) is 1.